The Morgan fingerprint density at radius 1 is 1.46 bits per heavy atom. The van der Waals surface area contributed by atoms with E-state index < -0.39 is 6.05 Å². The number of methoxy groups -OCH3 is 1. The SMILES string of the molecule is COc1cc(C(N)(F)F)ccc1Br. The summed E-state index contributed by atoms with van der Waals surface area (Å²) in [5.74, 6) is 0.336. The molecule has 2 nitrogen and oxygen atoms in total. The van der Waals surface area contributed by atoms with Crippen molar-refractivity contribution >= 4 is 15.9 Å². The molecular formula is C8H8BrF2NO. The van der Waals surface area contributed by atoms with Crippen molar-refractivity contribution in [1.29, 1.82) is 0 Å². The molecule has 2 N–H and O–H groups in total. The summed E-state index contributed by atoms with van der Waals surface area (Å²) in [7, 11) is 1.40. The molecule has 0 aromatic heterocycles. The van der Waals surface area contributed by atoms with Crippen LogP contribution in [0.5, 0.6) is 5.75 Å². The van der Waals surface area contributed by atoms with Crippen LogP contribution in [-0.2, 0) is 6.05 Å². The number of benzene rings is 1. The van der Waals surface area contributed by atoms with Crippen LogP contribution in [0.1, 0.15) is 5.56 Å². The van der Waals surface area contributed by atoms with Crippen molar-refractivity contribution in [3.05, 3.63) is 28.2 Å². The Morgan fingerprint density at radius 3 is 2.54 bits per heavy atom. The molecule has 0 bridgehead atoms. The first-order valence-electron chi connectivity index (χ1n) is 3.46. The highest BCUT2D eigenvalue weighted by Gasteiger charge is 2.25. The Morgan fingerprint density at radius 2 is 2.08 bits per heavy atom. The number of rotatable bonds is 2. The van der Waals surface area contributed by atoms with Crippen molar-refractivity contribution in [2.45, 2.75) is 6.05 Å². The highest BCUT2D eigenvalue weighted by molar-refractivity contribution is 9.10. The van der Waals surface area contributed by atoms with Gasteiger partial charge in [0.2, 0.25) is 0 Å². The van der Waals surface area contributed by atoms with Crippen molar-refractivity contribution in [2.24, 2.45) is 5.73 Å². The molecule has 0 fully saturated rings. The molecule has 0 radical (unpaired) electrons. The lowest BCUT2D eigenvalue weighted by Crippen LogP contribution is -2.25. The van der Waals surface area contributed by atoms with Crippen LogP contribution in [0.4, 0.5) is 8.78 Å². The molecule has 0 amide bonds. The van der Waals surface area contributed by atoms with Crippen molar-refractivity contribution < 1.29 is 13.5 Å². The van der Waals surface area contributed by atoms with Crippen molar-refractivity contribution in [3.63, 3.8) is 0 Å². The summed E-state index contributed by atoms with van der Waals surface area (Å²) in [4.78, 5) is 0. The fourth-order valence-electron chi connectivity index (χ4n) is 0.867. The molecular weight excluding hydrogens is 244 g/mol. The van der Waals surface area contributed by atoms with Gasteiger partial charge in [0.25, 0.3) is 0 Å². The third-order valence-corrected chi connectivity index (χ3v) is 2.19. The average molecular weight is 252 g/mol. The van der Waals surface area contributed by atoms with Gasteiger partial charge >= 0.3 is 6.05 Å². The minimum atomic E-state index is -3.33. The summed E-state index contributed by atoms with van der Waals surface area (Å²) in [5.41, 5.74) is 4.36. The van der Waals surface area contributed by atoms with Gasteiger partial charge in [0.1, 0.15) is 5.75 Å². The van der Waals surface area contributed by atoms with Crippen LogP contribution in [-0.4, -0.2) is 7.11 Å². The van der Waals surface area contributed by atoms with E-state index in [0.29, 0.717) is 10.2 Å². The molecule has 0 atom stereocenters. The standard InChI is InChI=1S/C8H8BrF2NO/c1-13-7-4-5(8(10,11)12)2-3-6(7)9/h2-4H,12H2,1H3. The summed E-state index contributed by atoms with van der Waals surface area (Å²) in [6.45, 7) is 0. The van der Waals surface area contributed by atoms with E-state index in [-0.39, 0.29) is 5.56 Å². The van der Waals surface area contributed by atoms with Gasteiger partial charge in [0, 0.05) is 5.56 Å². The maximum atomic E-state index is 12.6. The molecule has 0 aliphatic carbocycles. The maximum Gasteiger partial charge on any atom is 0.327 e. The summed E-state index contributed by atoms with van der Waals surface area (Å²) < 4.78 is 30.7. The molecule has 0 unspecified atom stereocenters. The van der Waals surface area contributed by atoms with Gasteiger partial charge in [-0.05, 0) is 28.1 Å². The number of alkyl halides is 2. The molecule has 72 valence electrons. The molecule has 1 aromatic carbocycles. The van der Waals surface area contributed by atoms with Gasteiger partial charge < -0.3 is 4.74 Å². The lowest BCUT2D eigenvalue weighted by molar-refractivity contribution is 0.00277. The minimum absolute atomic E-state index is 0.271. The van der Waals surface area contributed by atoms with E-state index in [1.54, 1.807) is 0 Å². The van der Waals surface area contributed by atoms with Crippen LogP contribution in [0.15, 0.2) is 22.7 Å². The minimum Gasteiger partial charge on any atom is -0.496 e. The Bertz CT molecular complexity index is 312. The molecule has 0 aliphatic rings. The first kappa shape index (κ1) is 10.4. The Labute approximate surface area is 82.8 Å². The largest absolute Gasteiger partial charge is 0.496 e. The quantitative estimate of drug-likeness (QED) is 0.820. The number of hydrogen-bond donors (Lipinski definition) is 1. The smallest absolute Gasteiger partial charge is 0.327 e. The maximum absolute atomic E-state index is 12.6. The fraction of sp³-hybridized carbons (Fsp3) is 0.250. The number of halogens is 3. The van der Waals surface area contributed by atoms with Gasteiger partial charge in [0.15, 0.2) is 0 Å². The fourth-order valence-corrected chi connectivity index (χ4v) is 1.28. The molecule has 0 saturated heterocycles. The first-order valence-corrected chi connectivity index (χ1v) is 4.25. The summed E-state index contributed by atoms with van der Waals surface area (Å²) in [6, 6.07) is 0.583. The second-order valence-corrected chi connectivity index (χ2v) is 3.33. The summed E-state index contributed by atoms with van der Waals surface area (Å²) in [5, 5.41) is 0. The molecule has 5 heteroatoms. The van der Waals surface area contributed by atoms with E-state index in [4.69, 9.17) is 4.74 Å². The van der Waals surface area contributed by atoms with Crippen molar-refractivity contribution in [2.75, 3.05) is 7.11 Å². The Balaban J connectivity index is 3.14. The average Bonchev–Trinajstić information content (AvgIpc) is 2.03. The molecule has 1 rings (SSSR count). The molecule has 13 heavy (non-hydrogen) atoms. The van der Waals surface area contributed by atoms with Crippen molar-refractivity contribution in [1.82, 2.24) is 0 Å². The van der Waals surface area contributed by atoms with Crippen LogP contribution in [0.2, 0.25) is 0 Å². The Hall–Kier alpha value is -0.680. The van der Waals surface area contributed by atoms with E-state index in [1.165, 1.54) is 25.3 Å². The monoisotopic (exact) mass is 251 g/mol. The molecule has 0 saturated carbocycles. The highest BCUT2D eigenvalue weighted by Crippen LogP contribution is 2.30. The summed E-state index contributed by atoms with van der Waals surface area (Å²) >= 11 is 3.15. The van der Waals surface area contributed by atoms with Gasteiger partial charge in [-0.3, -0.25) is 5.73 Å². The topological polar surface area (TPSA) is 35.2 Å². The molecule has 0 spiro atoms. The predicted octanol–water partition coefficient (Wildman–Crippen LogP) is 2.47. The summed E-state index contributed by atoms with van der Waals surface area (Å²) in [6.07, 6.45) is 0. The zero-order valence-corrected chi connectivity index (χ0v) is 8.44. The second-order valence-electron chi connectivity index (χ2n) is 2.47. The normalized spacial score (nSPS) is 11.5. The number of nitrogens with two attached hydrogens (primary N) is 1. The van der Waals surface area contributed by atoms with Crippen LogP contribution in [0, 0.1) is 0 Å². The second kappa shape index (κ2) is 3.59. The number of hydrogen-bond acceptors (Lipinski definition) is 2. The predicted molar refractivity (Wildman–Crippen MR) is 48.8 cm³/mol. The van der Waals surface area contributed by atoms with Crippen LogP contribution < -0.4 is 10.5 Å². The van der Waals surface area contributed by atoms with Crippen molar-refractivity contribution in [3.8, 4) is 5.75 Å². The van der Waals surface area contributed by atoms with Gasteiger partial charge in [0.05, 0.1) is 11.6 Å². The third kappa shape index (κ3) is 2.38. The van der Waals surface area contributed by atoms with E-state index in [0.717, 1.165) is 0 Å². The van der Waals surface area contributed by atoms with E-state index in [1.807, 2.05) is 0 Å². The van der Waals surface area contributed by atoms with E-state index in [9.17, 15) is 8.78 Å². The number of ether oxygens (including phenoxy) is 1. The lowest BCUT2D eigenvalue weighted by Gasteiger charge is -2.12. The van der Waals surface area contributed by atoms with Crippen LogP contribution in [0.25, 0.3) is 0 Å². The van der Waals surface area contributed by atoms with Gasteiger partial charge in [-0.2, -0.15) is 8.78 Å². The van der Waals surface area contributed by atoms with Crippen LogP contribution in [0.3, 0.4) is 0 Å². The molecule has 1 aromatic rings. The third-order valence-electron chi connectivity index (χ3n) is 1.54. The zero-order valence-electron chi connectivity index (χ0n) is 6.85. The van der Waals surface area contributed by atoms with E-state index >= 15 is 0 Å². The molecule has 0 aliphatic heterocycles. The van der Waals surface area contributed by atoms with Gasteiger partial charge in [-0.15, -0.1) is 0 Å². The zero-order chi connectivity index (χ0) is 10.1. The Kier molecular flexibility index (Phi) is 2.87. The van der Waals surface area contributed by atoms with E-state index in [2.05, 4.69) is 21.7 Å². The highest BCUT2D eigenvalue weighted by atomic mass is 79.9. The lowest BCUT2D eigenvalue weighted by atomic mass is 10.2. The first-order chi connectivity index (χ1) is 5.95. The molecule has 0 heterocycles. The van der Waals surface area contributed by atoms with Crippen LogP contribution >= 0.6 is 15.9 Å². The van der Waals surface area contributed by atoms with Gasteiger partial charge in [-0.1, -0.05) is 6.07 Å². The van der Waals surface area contributed by atoms with Gasteiger partial charge in [-0.25, -0.2) is 0 Å².